The third kappa shape index (κ3) is 7.78. The van der Waals surface area contributed by atoms with E-state index in [9.17, 15) is 9.59 Å². The number of carbonyl (C=O) groups is 2. The molecular weight excluding hydrogens is 380 g/mol. The predicted octanol–water partition coefficient (Wildman–Crippen LogP) is 3.66. The average molecular weight is 413 g/mol. The Labute approximate surface area is 179 Å². The molecule has 6 nitrogen and oxygen atoms in total. The summed E-state index contributed by atoms with van der Waals surface area (Å²) in [4.78, 5) is 24.2. The Morgan fingerprint density at radius 3 is 2.37 bits per heavy atom. The molecule has 2 amide bonds. The molecule has 0 heterocycles. The van der Waals surface area contributed by atoms with E-state index in [4.69, 9.17) is 9.47 Å². The molecule has 0 radical (unpaired) electrons. The molecule has 6 heteroatoms. The second-order valence-corrected chi connectivity index (χ2v) is 7.67. The molecule has 0 aliphatic rings. The van der Waals surface area contributed by atoms with Crippen LogP contribution in [-0.4, -0.2) is 32.1 Å². The Bertz CT molecular complexity index is 821. The van der Waals surface area contributed by atoms with Gasteiger partial charge in [-0.15, -0.1) is 0 Å². The molecule has 2 rings (SSSR count). The maximum atomic E-state index is 12.2. The van der Waals surface area contributed by atoms with E-state index >= 15 is 0 Å². The fourth-order valence-electron chi connectivity index (χ4n) is 2.89. The third-order valence-corrected chi connectivity index (χ3v) is 4.52. The first-order chi connectivity index (χ1) is 14.4. The number of nitrogens with one attached hydrogen (secondary N) is 2. The summed E-state index contributed by atoms with van der Waals surface area (Å²) in [6, 6.07) is 15.0. The Balaban J connectivity index is 1.79. The fraction of sp³-hybridized carbons (Fsp3) is 0.417. The number of amides is 2. The van der Waals surface area contributed by atoms with E-state index in [1.54, 1.807) is 7.11 Å². The predicted molar refractivity (Wildman–Crippen MR) is 118 cm³/mol. The summed E-state index contributed by atoms with van der Waals surface area (Å²) < 4.78 is 11.2. The minimum Gasteiger partial charge on any atom is -0.493 e. The molecule has 162 valence electrons. The highest BCUT2D eigenvalue weighted by molar-refractivity contribution is 5.80. The van der Waals surface area contributed by atoms with Crippen LogP contribution in [0.25, 0.3) is 0 Å². The van der Waals surface area contributed by atoms with E-state index in [2.05, 4.69) is 24.5 Å². The monoisotopic (exact) mass is 412 g/mol. The Morgan fingerprint density at radius 1 is 0.967 bits per heavy atom. The Kier molecular flexibility index (Phi) is 9.19. The van der Waals surface area contributed by atoms with Gasteiger partial charge in [-0.1, -0.05) is 50.2 Å². The zero-order chi connectivity index (χ0) is 21.9. The molecule has 0 fully saturated rings. The quantitative estimate of drug-likeness (QED) is 0.591. The van der Waals surface area contributed by atoms with Crippen molar-refractivity contribution in [3.8, 4) is 11.5 Å². The van der Waals surface area contributed by atoms with E-state index in [0.717, 1.165) is 11.1 Å². The lowest BCUT2D eigenvalue weighted by Gasteiger charge is -2.18. The lowest BCUT2D eigenvalue weighted by atomic mass is 10.1. The summed E-state index contributed by atoms with van der Waals surface area (Å²) in [5, 5.41) is 5.74. The topological polar surface area (TPSA) is 76.7 Å². The molecule has 30 heavy (non-hydrogen) atoms. The molecule has 0 unspecified atom stereocenters. The van der Waals surface area contributed by atoms with Crippen molar-refractivity contribution in [1.29, 1.82) is 0 Å². The SMILES string of the molecule is COc1cc([C@@H](C)NC(=O)CCNC(=O)Cc2ccccc2)ccc1OCC(C)C. The molecule has 1 atom stereocenters. The minimum absolute atomic E-state index is 0.0937. The first-order valence-electron chi connectivity index (χ1n) is 10.3. The minimum atomic E-state index is -0.189. The Morgan fingerprint density at radius 2 is 1.70 bits per heavy atom. The Hall–Kier alpha value is -3.02. The second kappa shape index (κ2) is 11.9. The van der Waals surface area contributed by atoms with E-state index in [-0.39, 0.29) is 24.3 Å². The highest BCUT2D eigenvalue weighted by atomic mass is 16.5. The standard InChI is InChI=1S/C24H32N2O4/c1-17(2)16-30-21-11-10-20(15-22(21)29-4)18(3)26-23(27)12-13-25-24(28)14-19-8-6-5-7-9-19/h5-11,15,17-18H,12-14,16H2,1-4H3,(H,25,28)(H,26,27)/t18-/m1/s1. The van der Waals surface area contributed by atoms with Gasteiger partial charge in [0.15, 0.2) is 11.5 Å². The van der Waals surface area contributed by atoms with Gasteiger partial charge in [0, 0.05) is 13.0 Å². The van der Waals surface area contributed by atoms with Crippen LogP contribution in [0.3, 0.4) is 0 Å². The van der Waals surface area contributed by atoms with Crippen LogP contribution in [0, 0.1) is 5.92 Å². The van der Waals surface area contributed by atoms with Gasteiger partial charge in [0.25, 0.3) is 0 Å². The van der Waals surface area contributed by atoms with Gasteiger partial charge >= 0.3 is 0 Å². The van der Waals surface area contributed by atoms with Crippen LogP contribution in [0.5, 0.6) is 11.5 Å². The van der Waals surface area contributed by atoms with Crippen molar-refractivity contribution >= 4 is 11.8 Å². The number of ether oxygens (including phenoxy) is 2. The van der Waals surface area contributed by atoms with Crippen LogP contribution in [0.4, 0.5) is 0 Å². The summed E-state index contributed by atoms with van der Waals surface area (Å²) in [6.45, 7) is 6.99. The highest BCUT2D eigenvalue weighted by Gasteiger charge is 2.14. The lowest BCUT2D eigenvalue weighted by Crippen LogP contribution is -2.32. The molecule has 0 aliphatic heterocycles. The first kappa shape index (κ1) is 23.3. The van der Waals surface area contributed by atoms with E-state index in [1.165, 1.54) is 0 Å². The van der Waals surface area contributed by atoms with Crippen LogP contribution in [0.1, 0.15) is 44.4 Å². The summed E-state index contributed by atoms with van der Waals surface area (Å²) in [7, 11) is 1.60. The van der Waals surface area contributed by atoms with E-state index < -0.39 is 0 Å². The van der Waals surface area contributed by atoms with Gasteiger partial charge in [-0.2, -0.15) is 0 Å². The van der Waals surface area contributed by atoms with Crippen LogP contribution >= 0.6 is 0 Å². The largest absolute Gasteiger partial charge is 0.493 e. The van der Waals surface area contributed by atoms with Gasteiger partial charge in [0.05, 0.1) is 26.2 Å². The molecule has 2 aromatic rings. The van der Waals surface area contributed by atoms with Crippen molar-refractivity contribution in [1.82, 2.24) is 10.6 Å². The number of hydrogen-bond donors (Lipinski definition) is 2. The van der Waals surface area contributed by atoms with Crippen molar-refractivity contribution < 1.29 is 19.1 Å². The van der Waals surface area contributed by atoms with Crippen LogP contribution in [-0.2, 0) is 16.0 Å². The van der Waals surface area contributed by atoms with Gasteiger partial charge in [0.2, 0.25) is 11.8 Å². The lowest BCUT2D eigenvalue weighted by molar-refractivity contribution is -0.122. The maximum Gasteiger partial charge on any atom is 0.224 e. The number of carbonyl (C=O) groups excluding carboxylic acids is 2. The average Bonchev–Trinajstić information content (AvgIpc) is 2.72. The number of rotatable bonds is 11. The number of methoxy groups -OCH3 is 1. The summed E-state index contributed by atoms with van der Waals surface area (Å²) in [5.74, 6) is 1.53. The van der Waals surface area contributed by atoms with Gasteiger partial charge in [-0.05, 0) is 36.1 Å². The number of benzene rings is 2. The van der Waals surface area contributed by atoms with Gasteiger partial charge in [0.1, 0.15) is 0 Å². The molecule has 0 spiro atoms. The zero-order valence-electron chi connectivity index (χ0n) is 18.2. The smallest absolute Gasteiger partial charge is 0.224 e. The van der Waals surface area contributed by atoms with Crippen molar-refractivity contribution in [2.75, 3.05) is 20.3 Å². The van der Waals surface area contributed by atoms with E-state index in [1.807, 2.05) is 55.5 Å². The summed E-state index contributed by atoms with van der Waals surface area (Å²) in [6.07, 6.45) is 0.529. The zero-order valence-corrected chi connectivity index (χ0v) is 18.2. The fourth-order valence-corrected chi connectivity index (χ4v) is 2.89. The van der Waals surface area contributed by atoms with Crippen LogP contribution < -0.4 is 20.1 Å². The van der Waals surface area contributed by atoms with Gasteiger partial charge in [-0.3, -0.25) is 9.59 Å². The maximum absolute atomic E-state index is 12.2. The van der Waals surface area contributed by atoms with Gasteiger partial charge < -0.3 is 20.1 Å². The van der Waals surface area contributed by atoms with Crippen molar-refractivity contribution in [2.24, 2.45) is 5.92 Å². The van der Waals surface area contributed by atoms with Crippen molar-refractivity contribution in [2.45, 2.75) is 39.7 Å². The van der Waals surface area contributed by atoms with Crippen LogP contribution in [0.2, 0.25) is 0 Å². The molecule has 2 aromatic carbocycles. The molecule has 2 N–H and O–H groups in total. The van der Waals surface area contributed by atoms with Crippen molar-refractivity contribution in [3.05, 3.63) is 59.7 Å². The summed E-state index contributed by atoms with van der Waals surface area (Å²) >= 11 is 0. The number of hydrogen-bond acceptors (Lipinski definition) is 4. The van der Waals surface area contributed by atoms with Gasteiger partial charge in [-0.25, -0.2) is 0 Å². The summed E-state index contributed by atoms with van der Waals surface area (Å²) in [5.41, 5.74) is 1.87. The van der Waals surface area contributed by atoms with E-state index in [0.29, 0.717) is 37.0 Å². The molecular formula is C24H32N2O4. The van der Waals surface area contributed by atoms with Crippen LogP contribution in [0.15, 0.2) is 48.5 Å². The van der Waals surface area contributed by atoms with Crippen molar-refractivity contribution in [3.63, 3.8) is 0 Å². The second-order valence-electron chi connectivity index (χ2n) is 7.67. The molecule has 0 aliphatic carbocycles. The molecule has 0 saturated carbocycles. The third-order valence-electron chi connectivity index (χ3n) is 4.52. The molecule has 0 bridgehead atoms. The molecule has 0 saturated heterocycles. The normalized spacial score (nSPS) is 11.6. The molecule has 0 aromatic heterocycles. The highest BCUT2D eigenvalue weighted by Crippen LogP contribution is 2.30. The first-order valence-corrected chi connectivity index (χ1v) is 10.3.